The fourth-order valence-electron chi connectivity index (χ4n) is 6.71. The van der Waals surface area contributed by atoms with Crippen molar-refractivity contribution >= 4 is 29.5 Å². The van der Waals surface area contributed by atoms with Gasteiger partial charge in [0.1, 0.15) is 12.1 Å². The van der Waals surface area contributed by atoms with Crippen molar-refractivity contribution in [1.29, 1.82) is 0 Å². The van der Waals surface area contributed by atoms with E-state index in [2.05, 4.69) is 29.8 Å². The normalized spacial score (nSPS) is 24.4. The van der Waals surface area contributed by atoms with Gasteiger partial charge in [0.25, 0.3) is 5.91 Å². The summed E-state index contributed by atoms with van der Waals surface area (Å²) in [6.45, 7) is 12.0. The van der Waals surface area contributed by atoms with Crippen molar-refractivity contribution in [2.24, 2.45) is 28.9 Å². The van der Waals surface area contributed by atoms with Crippen LogP contribution in [-0.4, -0.2) is 64.6 Å². The Hall–Kier alpha value is -3.43. The SMILES string of the molecule is CCCC(NC(=O)[C@@H]1C2C(CN1C(=O)[C@@H](NC(=O)NC(C)(C)C)C1Cc3ccccc3C1)C2(C)C)C(=O)C(N)=O. The fourth-order valence-corrected chi connectivity index (χ4v) is 6.71. The summed E-state index contributed by atoms with van der Waals surface area (Å²) in [4.78, 5) is 66.6. The summed E-state index contributed by atoms with van der Waals surface area (Å²) in [6, 6.07) is 4.88. The van der Waals surface area contributed by atoms with Crippen LogP contribution in [0.15, 0.2) is 24.3 Å². The van der Waals surface area contributed by atoms with Gasteiger partial charge in [-0.15, -0.1) is 0 Å². The van der Waals surface area contributed by atoms with E-state index in [1.165, 1.54) is 0 Å². The lowest BCUT2D eigenvalue weighted by atomic mass is 9.93. The average Bonchev–Trinajstić information content (AvgIpc) is 3.24. The van der Waals surface area contributed by atoms with Gasteiger partial charge in [0.15, 0.2) is 0 Å². The smallest absolute Gasteiger partial charge is 0.315 e. The molecular weight excluding hydrogens is 510 g/mol. The van der Waals surface area contributed by atoms with Gasteiger partial charge in [0, 0.05) is 12.1 Å². The van der Waals surface area contributed by atoms with Crippen molar-refractivity contribution in [2.45, 2.75) is 90.9 Å². The summed E-state index contributed by atoms with van der Waals surface area (Å²) >= 11 is 0. The van der Waals surface area contributed by atoms with Gasteiger partial charge in [-0.05, 0) is 74.3 Å². The summed E-state index contributed by atoms with van der Waals surface area (Å²) in [5.74, 6) is -2.86. The second kappa shape index (κ2) is 10.9. The molecule has 1 aliphatic heterocycles. The molecule has 3 unspecified atom stereocenters. The first kappa shape index (κ1) is 29.6. The molecule has 1 aromatic rings. The van der Waals surface area contributed by atoms with Crippen molar-refractivity contribution in [3.05, 3.63) is 35.4 Å². The number of fused-ring (bicyclic) bond motifs is 2. The number of Topliss-reactive ketones (excluding diaryl/α,β-unsaturated/α-hetero) is 1. The van der Waals surface area contributed by atoms with E-state index < -0.39 is 47.3 Å². The highest BCUT2D eigenvalue weighted by Crippen LogP contribution is 2.65. The monoisotopic (exact) mass is 553 g/mol. The van der Waals surface area contributed by atoms with E-state index in [1.807, 2.05) is 52.0 Å². The zero-order valence-corrected chi connectivity index (χ0v) is 24.4. The van der Waals surface area contributed by atoms with Gasteiger partial charge in [-0.2, -0.15) is 0 Å². The summed E-state index contributed by atoms with van der Waals surface area (Å²) in [5.41, 5.74) is 6.88. The first-order valence-electron chi connectivity index (χ1n) is 14.3. The molecule has 5 N–H and O–H groups in total. The van der Waals surface area contributed by atoms with Crippen LogP contribution in [0.25, 0.3) is 0 Å². The van der Waals surface area contributed by atoms with E-state index in [4.69, 9.17) is 5.73 Å². The number of nitrogens with one attached hydrogen (secondary N) is 3. The number of hydrogen-bond donors (Lipinski definition) is 4. The number of urea groups is 1. The molecule has 0 radical (unpaired) electrons. The van der Waals surface area contributed by atoms with Crippen molar-refractivity contribution in [2.75, 3.05) is 6.54 Å². The minimum atomic E-state index is -1.10. The largest absolute Gasteiger partial charge is 0.363 e. The van der Waals surface area contributed by atoms with Crippen molar-refractivity contribution in [3.8, 4) is 0 Å². The molecular formula is C30H43N5O5. The van der Waals surface area contributed by atoms with E-state index in [0.29, 0.717) is 25.8 Å². The lowest BCUT2D eigenvalue weighted by Crippen LogP contribution is -2.61. The maximum atomic E-state index is 14.3. The Morgan fingerprint density at radius 3 is 2.17 bits per heavy atom. The van der Waals surface area contributed by atoms with Gasteiger partial charge >= 0.3 is 6.03 Å². The standard InChI is InChI=1S/C30H43N5O5/c1-7-10-20(24(36)25(31)37)32-26(38)23-21-19(30(21,5)6)15-35(23)27(39)22(33-28(40)34-29(2,3)4)18-13-16-11-8-9-12-17(16)14-18/h8-9,11-12,18-23H,7,10,13-15H2,1-6H3,(H2,31,37)(H,32,38)(H2,33,34,40)/t19?,20?,21?,22-,23-/m0/s1. The topological polar surface area (TPSA) is 151 Å². The number of amides is 5. The van der Waals surface area contributed by atoms with Gasteiger partial charge < -0.3 is 26.6 Å². The first-order valence-corrected chi connectivity index (χ1v) is 14.3. The summed E-state index contributed by atoms with van der Waals surface area (Å²) in [7, 11) is 0. The molecule has 0 bridgehead atoms. The lowest BCUT2D eigenvalue weighted by molar-refractivity contribution is -0.144. The lowest BCUT2D eigenvalue weighted by Gasteiger charge is -2.35. The van der Waals surface area contributed by atoms with E-state index in [1.54, 1.807) is 4.90 Å². The highest BCUT2D eigenvalue weighted by Gasteiger charge is 2.69. The molecule has 3 aliphatic rings. The van der Waals surface area contributed by atoms with E-state index in [9.17, 15) is 24.0 Å². The minimum Gasteiger partial charge on any atom is -0.363 e. The van der Waals surface area contributed by atoms with Crippen LogP contribution in [0.2, 0.25) is 0 Å². The first-order chi connectivity index (χ1) is 18.7. The Balaban J connectivity index is 1.60. The third-order valence-corrected chi connectivity index (χ3v) is 8.81. The highest BCUT2D eigenvalue weighted by molar-refractivity contribution is 6.37. The van der Waals surface area contributed by atoms with Crippen LogP contribution >= 0.6 is 0 Å². The molecule has 2 aliphatic carbocycles. The Bertz CT molecular complexity index is 1180. The molecule has 10 heteroatoms. The Morgan fingerprint density at radius 1 is 1.05 bits per heavy atom. The van der Waals surface area contributed by atoms with Crippen molar-refractivity contribution in [1.82, 2.24) is 20.9 Å². The number of hydrogen-bond acceptors (Lipinski definition) is 5. The minimum absolute atomic E-state index is 0.0905. The second-order valence-corrected chi connectivity index (χ2v) is 13.2. The highest BCUT2D eigenvalue weighted by atomic mass is 16.2. The summed E-state index contributed by atoms with van der Waals surface area (Å²) in [5, 5.41) is 8.56. The van der Waals surface area contributed by atoms with Crippen LogP contribution in [-0.2, 0) is 32.0 Å². The number of carbonyl (C=O) groups is 5. The van der Waals surface area contributed by atoms with E-state index in [0.717, 1.165) is 11.1 Å². The molecule has 0 aromatic heterocycles. The number of carbonyl (C=O) groups excluding carboxylic acids is 5. The molecule has 1 saturated carbocycles. The van der Waals surface area contributed by atoms with Crippen LogP contribution in [0.4, 0.5) is 4.79 Å². The predicted molar refractivity (Wildman–Crippen MR) is 150 cm³/mol. The number of nitrogens with zero attached hydrogens (tertiary/aromatic N) is 1. The predicted octanol–water partition coefficient (Wildman–Crippen LogP) is 1.69. The third-order valence-electron chi connectivity index (χ3n) is 8.81. The Kier molecular flexibility index (Phi) is 8.02. The number of rotatable bonds is 9. The van der Waals surface area contributed by atoms with Gasteiger partial charge in [-0.1, -0.05) is 51.5 Å². The van der Waals surface area contributed by atoms with Crippen molar-refractivity contribution < 1.29 is 24.0 Å². The van der Waals surface area contributed by atoms with Gasteiger partial charge in [-0.25, -0.2) is 4.79 Å². The Morgan fingerprint density at radius 2 is 1.65 bits per heavy atom. The molecule has 218 valence electrons. The third kappa shape index (κ3) is 5.86. The zero-order valence-electron chi connectivity index (χ0n) is 24.4. The van der Waals surface area contributed by atoms with Crippen molar-refractivity contribution in [3.63, 3.8) is 0 Å². The number of nitrogens with two attached hydrogens (primary N) is 1. The molecule has 5 amide bonds. The maximum absolute atomic E-state index is 14.3. The number of likely N-dealkylation sites (tertiary alicyclic amines) is 1. The molecule has 0 spiro atoms. The Labute approximate surface area is 236 Å². The molecule has 40 heavy (non-hydrogen) atoms. The number of ketones is 1. The van der Waals surface area contributed by atoms with Crippen LogP contribution < -0.4 is 21.7 Å². The number of piperidine rings is 1. The summed E-state index contributed by atoms with van der Waals surface area (Å²) < 4.78 is 0. The van der Waals surface area contributed by atoms with Crippen LogP contribution in [0.5, 0.6) is 0 Å². The molecule has 1 heterocycles. The fraction of sp³-hybridized carbons (Fsp3) is 0.633. The van der Waals surface area contributed by atoms with Crippen LogP contribution in [0.3, 0.4) is 0 Å². The molecule has 1 saturated heterocycles. The van der Waals surface area contributed by atoms with Gasteiger partial charge in [0.05, 0.1) is 6.04 Å². The molecule has 5 atom stereocenters. The number of benzene rings is 1. The summed E-state index contributed by atoms with van der Waals surface area (Å²) in [6.07, 6.45) is 2.10. The zero-order chi connectivity index (χ0) is 29.6. The quantitative estimate of drug-likeness (QED) is 0.343. The van der Waals surface area contributed by atoms with Gasteiger partial charge in [0.2, 0.25) is 17.6 Å². The molecule has 2 fully saturated rings. The van der Waals surface area contributed by atoms with Crippen LogP contribution in [0, 0.1) is 23.2 Å². The van der Waals surface area contributed by atoms with E-state index >= 15 is 0 Å². The van der Waals surface area contributed by atoms with Crippen LogP contribution in [0.1, 0.15) is 65.5 Å². The average molecular weight is 554 g/mol. The van der Waals surface area contributed by atoms with E-state index in [-0.39, 0.29) is 35.5 Å². The maximum Gasteiger partial charge on any atom is 0.315 e. The molecule has 4 rings (SSSR count). The molecule has 10 nitrogen and oxygen atoms in total. The molecule has 1 aromatic carbocycles. The van der Waals surface area contributed by atoms with Gasteiger partial charge in [-0.3, -0.25) is 19.2 Å². The second-order valence-electron chi connectivity index (χ2n) is 13.2. The number of primary amides is 1.